The first-order valence-electron chi connectivity index (χ1n) is 11.1. The van der Waals surface area contributed by atoms with Gasteiger partial charge in [0.15, 0.2) is 0 Å². The number of nitrogens with zero attached hydrogens (tertiary/aromatic N) is 2. The maximum Gasteiger partial charge on any atom is 0.411 e. The van der Waals surface area contributed by atoms with E-state index >= 15 is 0 Å². The number of ether oxygens (including phenoxy) is 1. The van der Waals surface area contributed by atoms with E-state index in [1.165, 1.54) is 0 Å². The fraction of sp³-hybridized carbons (Fsp3) is 0.458. The van der Waals surface area contributed by atoms with Gasteiger partial charge in [-0.2, -0.15) is 0 Å². The van der Waals surface area contributed by atoms with Gasteiger partial charge in [-0.25, -0.2) is 17.5 Å². The van der Waals surface area contributed by atoms with Crippen LogP contribution in [0.5, 0.6) is 0 Å². The normalized spacial score (nSPS) is 24.3. The van der Waals surface area contributed by atoms with Gasteiger partial charge < -0.3 is 9.64 Å². The molecule has 2 aromatic rings. The van der Waals surface area contributed by atoms with Gasteiger partial charge in [0.05, 0.1) is 11.8 Å². The first-order chi connectivity index (χ1) is 15.3. The molecule has 2 aromatic carbocycles. The van der Waals surface area contributed by atoms with Crippen molar-refractivity contribution in [1.29, 1.82) is 0 Å². The number of benzene rings is 2. The van der Waals surface area contributed by atoms with E-state index in [1.807, 2.05) is 61.5 Å². The van der Waals surface area contributed by atoms with Gasteiger partial charge in [0, 0.05) is 30.5 Å². The van der Waals surface area contributed by atoms with Gasteiger partial charge in [-0.1, -0.05) is 58.4 Å². The van der Waals surface area contributed by atoms with Crippen molar-refractivity contribution in [3.63, 3.8) is 0 Å². The van der Waals surface area contributed by atoms with Gasteiger partial charge in [0.1, 0.15) is 5.60 Å². The molecular formula is C24H29BrN2O4S. The molecule has 172 valence electrons. The summed E-state index contributed by atoms with van der Waals surface area (Å²) in [5.74, 6) is 0.231. The highest BCUT2D eigenvalue weighted by Crippen LogP contribution is 2.40. The predicted octanol–water partition coefficient (Wildman–Crippen LogP) is 5.06. The fourth-order valence-corrected chi connectivity index (χ4v) is 6.52. The Labute approximate surface area is 198 Å². The molecule has 2 aliphatic rings. The molecule has 0 unspecified atom stereocenters. The van der Waals surface area contributed by atoms with Crippen LogP contribution >= 0.6 is 15.9 Å². The molecule has 0 saturated carbocycles. The quantitative estimate of drug-likeness (QED) is 0.511. The lowest BCUT2D eigenvalue weighted by molar-refractivity contribution is -0.0667. The summed E-state index contributed by atoms with van der Waals surface area (Å²) in [6.07, 6.45) is 2.25. The second kappa shape index (κ2) is 9.53. The highest BCUT2D eigenvalue weighted by molar-refractivity contribution is 9.10. The van der Waals surface area contributed by atoms with Crippen molar-refractivity contribution < 1.29 is 17.9 Å². The van der Waals surface area contributed by atoms with Crippen molar-refractivity contribution in [3.8, 4) is 0 Å². The van der Waals surface area contributed by atoms with E-state index < -0.39 is 15.6 Å². The molecule has 2 aliphatic heterocycles. The van der Waals surface area contributed by atoms with Gasteiger partial charge in [-0.15, -0.1) is 0 Å². The van der Waals surface area contributed by atoms with Gasteiger partial charge in [-0.3, -0.25) is 0 Å². The zero-order chi connectivity index (χ0) is 22.8. The van der Waals surface area contributed by atoms with Crippen LogP contribution in [0.1, 0.15) is 49.8 Å². The largest absolute Gasteiger partial charge is 0.438 e. The smallest absolute Gasteiger partial charge is 0.411 e. The summed E-state index contributed by atoms with van der Waals surface area (Å²) >= 11 is 3.45. The Morgan fingerprint density at radius 3 is 2.44 bits per heavy atom. The van der Waals surface area contributed by atoms with Crippen LogP contribution in [0.15, 0.2) is 59.1 Å². The maximum atomic E-state index is 13.2. The van der Waals surface area contributed by atoms with Crippen LogP contribution in [-0.4, -0.2) is 49.1 Å². The van der Waals surface area contributed by atoms with E-state index in [1.54, 1.807) is 9.21 Å². The van der Waals surface area contributed by atoms with Gasteiger partial charge in [0.2, 0.25) is 10.0 Å². The first kappa shape index (κ1) is 23.3. The van der Waals surface area contributed by atoms with E-state index in [-0.39, 0.29) is 17.9 Å². The second-order valence-corrected chi connectivity index (χ2v) is 11.6. The molecule has 0 aromatic heterocycles. The lowest BCUT2D eigenvalue weighted by Crippen LogP contribution is -2.49. The lowest BCUT2D eigenvalue weighted by Gasteiger charge is -2.43. The van der Waals surface area contributed by atoms with Crippen LogP contribution in [0.25, 0.3) is 0 Å². The first-order valence-corrected chi connectivity index (χ1v) is 13.5. The molecule has 0 bridgehead atoms. The molecule has 4 rings (SSSR count). The molecule has 2 fully saturated rings. The molecule has 0 spiro atoms. The summed E-state index contributed by atoms with van der Waals surface area (Å²) in [5, 5.41) is 0. The fourth-order valence-electron chi connectivity index (χ4n) is 4.69. The van der Waals surface area contributed by atoms with E-state index in [0.717, 1.165) is 15.6 Å². The van der Waals surface area contributed by atoms with Crippen LogP contribution in [0.4, 0.5) is 4.79 Å². The van der Waals surface area contributed by atoms with Crippen molar-refractivity contribution in [1.82, 2.24) is 9.21 Å². The summed E-state index contributed by atoms with van der Waals surface area (Å²) in [5.41, 5.74) is 1.28. The second-order valence-electron chi connectivity index (χ2n) is 8.57. The highest BCUT2D eigenvalue weighted by Gasteiger charge is 2.43. The number of cyclic esters (lactones) is 1. The third-order valence-corrected chi connectivity index (χ3v) is 9.07. The Kier molecular flexibility index (Phi) is 6.93. The highest BCUT2D eigenvalue weighted by atomic mass is 79.9. The van der Waals surface area contributed by atoms with Gasteiger partial charge in [0.25, 0.3) is 0 Å². The number of hydrogen-bond donors (Lipinski definition) is 0. The Morgan fingerprint density at radius 2 is 1.81 bits per heavy atom. The van der Waals surface area contributed by atoms with Crippen LogP contribution in [0.3, 0.4) is 0 Å². The number of carbonyl (C=O) groups is 1. The predicted molar refractivity (Wildman–Crippen MR) is 128 cm³/mol. The average Bonchev–Trinajstić information content (AvgIpc) is 3.12. The molecule has 8 heteroatoms. The van der Waals surface area contributed by atoms with Crippen molar-refractivity contribution in [2.75, 3.05) is 25.4 Å². The summed E-state index contributed by atoms with van der Waals surface area (Å²) in [6, 6.07) is 17.7. The standard InChI is InChI=1S/C24H29BrN2O4S/c1-19(20-9-11-22(25)12-10-20)27-17-14-24(31-23(27)28,21-7-3-2-4-8-21)13-5-15-26-16-6-18-32(26,29)30/h2-4,7-12,19H,5-6,13-18H2,1H3/t19-,24+/m0/s1. The number of hydrogen-bond acceptors (Lipinski definition) is 4. The molecule has 0 radical (unpaired) electrons. The summed E-state index contributed by atoms with van der Waals surface area (Å²) < 4.78 is 33.0. The molecule has 0 N–H and O–H groups in total. The summed E-state index contributed by atoms with van der Waals surface area (Å²) in [7, 11) is -3.13. The van der Waals surface area contributed by atoms with Gasteiger partial charge >= 0.3 is 6.09 Å². The number of rotatable bonds is 7. The molecule has 2 atom stereocenters. The molecule has 6 nitrogen and oxygen atoms in total. The minimum atomic E-state index is -3.13. The zero-order valence-electron chi connectivity index (χ0n) is 18.2. The van der Waals surface area contributed by atoms with Gasteiger partial charge in [-0.05, 0) is 49.4 Å². The van der Waals surface area contributed by atoms with Crippen LogP contribution in [0, 0.1) is 0 Å². The lowest BCUT2D eigenvalue weighted by atomic mass is 9.84. The van der Waals surface area contributed by atoms with Crippen molar-refractivity contribution in [2.45, 2.75) is 44.2 Å². The number of halogens is 1. The summed E-state index contributed by atoms with van der Waals surface area (Å²) in [4.78, 5) is 14.9. The molecule has 2 saturated heterocycles. The topological polar surface area (TPSA) is 66.9 Å². The SMILES string of the molecule is C[C@@H](c1ccc(Br)cc1)N1CC[C@](CCCN2CCCS2(=O)=O)(c2ccccc2)OC1=O. The molecule has 1 amide bonds. The number of carbonyl (C=O) groups excluding carboxylic acids is 1. The number of amides is 1. The molecule has 0 aliphatic carbocycles. The van der Waals surface area contributed by atoms with Crippen molar-refractivity contribution in [3.05, 3.63) is 70.2 Å². The summed E-state index contributed by atoms with van der Waals surface area (Å²) in [6.45, 7) is 3.64. The van der Waals surface area contributed by atoms with Crippen molar-refractivity contribution in [2.24, 2.45) is 0 Å². The van der Waals surface area contributed by atoms with E-state index in [2.05, 4.69) is 15.9 Å². The Morgan fingerprint density at radius 1 is 1.09 bits per heavy atom. The minimum absolute atomic E-state index is 0.0980. The van der Waals surface area contributed by atoms with Crippen LogP contribution in [0.2, 0.25) is 0 Å². The monoisotopic (exact) mass is 520 g/mol. The van der Waals surface area contributed by atoms with E-state index in [0.29, 0.717) is 45.3 Å². The Bertz CT molecular complexity index is 1050. The minimum Gasteiger partial charge on any atom is -0.438 e. The average molecular weight is 521 g/mol. The van der Waals surface area contributed by atoms with E-state index in [9.17, 15) is 13.2 Å². The molecule has 32 heavy (non-hydrogen) atoms. The van der Waals surface area contributed by atoms with Crippen molar-refractivity contribution >= 4 is 32.0 Å². The molecule has 2 heterocycles. The third-order valence-electron chi connectivity index (χ3n) is 6.58. The third kappa shape index (κ3) is 4.87. The zero-order valence-corrected chi connectivity index (χ0v) is 20.6. The van der Waals surface area contributed by atoms with Crippen LogP contribution in [-0.2, 0) is 20.4 Å². The van der Waals surface area contributed by atoms with Crippen LogP contribution < -0.4 is 0 Å². The van der Waals surface area contributed by atoms with E-state index in [4.69, 9.17) is 4.74 Å². The number of sulfonamides is 1. The Balaban J connectivity index is 1.49. The molecular weight excluding hydrogens is 492 g/mol. The Hall–Kier alpha value is -1.90. The maximum absolute atomic E-state index is 13.2.